The monoisotopic (exact) mass is 366 g/mol. The zero-order valence-electron chi connectivity index (χ0n) is 12.4. The molecule has 0 amide bonds. The van der Waals surface area contributed by atoms with Crippen LogP contribution in [0.3, 0.4) is 0 Å². The summed E-state index contributed by atoms with van der Waals surface area (Å²) < 4.78 is 37.8. The molecule has 0 saturated carbocycles. The molecule has 21 heavy (non-hydrogen) atoms. The van der Waals surface area contributed by atoms with Crippen LogP contribution in [0.2, 0.25) is 0 Å². The minimum Gasteiger partial charge on any atom is -0.329 e. The molecule has 1 unspecified atom stereocenters. The zero-order chi connectivity index (χ0) is 16.1. The van der Waals surface area contributed by atoms with Crippen LogP contribution >= 0.6 is 15.9 Å². The van der Waals surface area contributed by atoms with E-state index >= 15 is 0 Å². The van der Waals surface area contributed by atoms with E-state index in [9.17, 15) is 13.2 Å². The number of halogens is 4. The van der Waals surface area contributed by atoms with Crippen molar-refractivity contribution in [3.8, 4) is 0 Å². The molecule has 0 aliphatic heterocycles. The number of alkyl halides is 3. The minimum absolute atomic E-state index is 0.0991. The summed E-state index contributed by atoms with van der Waals surface area (Å²) in [5.74, 6) is 0. The Hall–Kier alpha value is -0.590. The van der Waals surface area contributed by atoms with Crippen LogP contribution in [0.1, 0.15) is 31.7 Å². The molecule has 0 saturated heterocycles. The molecule has 0 aliphatic rings. The highest BCUT2D eigenvalue weighted by Gasteiger charge is 2.31. The fraction of sp³-hybridized carbons (Fsp3) is 0.600. The van der Waals surface area contributed by atoms with Gasteiger partial charge in [-0.05, 0) is 44.5 Å². The summed E-state index contributed by atoms with van der Waals surface area (Å²) in [6.45, 7) is 2.91. The first kappa shape index (κ1) is 18.5. The molecule has 1 aromatic carbocycles. The average molecular weight is 367 g/mol. The largest absolute Gasteiger partial charge is 0.389 e. The number of nitrogens with zero attached hydrogens (tertiary/aromatic N) is 1. The van der Waals surface area contributed by atoms with E-state index in [1.165, 1.54) is 0 Å². The molecule has 0 bridgehead atoms. The third kappa shape index (κ3) is 6.36. The van der Waals surface area contributed by atoms with Crippen molar-refractivity contribution in [1.82, 2.24) is 4.90 Å². The van der Waals surface area contributed by atoms with E-state index in [4.69, 9.17) is 5.73 Å². The molecule has 2 nitrogen and oxygen atoms in total. The average Bonchev–Trinajstić information content (AvgIpc) is 2.39. The van der Waals surface area contributed by atoms with E-state index < -0.39 is 18.1 Å². The Balaban J connectivity index is 2.61. The standard InChI is InChI=1S/C15H22BrF3N2/c1-14(11-20,8-3-9-15(17,18)19)21(2)10-12-4-6-13(16)7-5-12/h4-7H,3,8-11,20H2,1-2H3. The zero-order valence-corrected chi connectivity index (χ0v) is 14.0. The van der Waals surface area contributed by atoms with E-state index in [-0.39, 0.29) is 6.42 Å². The van der Waals surface area contributed by atoms with Gasteiger partial charge in [0.1, 0.15) is 0 Å². The topological polar surface area (TPSA) is 29.3 Å². The minimum atomic E-state index is -4.10. The van der Waals surface area contributed by atoms with Crippen molar-refractivity contribution >= 4 is 15.9 Å². The highest BCUT2D eigenvalue weighted by molar-refractivity contribution is 9.10. The molecule has 0 radical (unpaired) electrons. The van der Waals surface area contributed by atoms with Gasteiger partial charge in [0.25, 0.3) is 0 Å². The highest BCUT2D eigenvalue weighted by atomic mass is 79.9. The van der Waals surface area contributed by atoms with Crippen LogP contribution in [0.25, 0.3) is 0 Å². The summed E-state index contributed by atoms with van der Waals surface area (Å²) in [5.41, 5.74) is 6.48. The van der Waals surface area contributed by atoms with Crippen molar-refractivity contribution < 1.29 is 13.2 Å². The Morgan fingerprint density at radius 1 is 1.14 bits per heavy atom. The van der Waals surface area contributed by atoms with Crippen LogP contribution in [-0.4, -0.2) is 30.2 Å². The molecule has 120 valence electrons. The normalized spacial score (nSPS) is 15.2. The Morgan fingerprint density at radius 2 is 1.71 bits per heavy atom. The summed E-state index contributed by atoms with van der Waals surface area (Å²) in [4.78, 5) is 2.03. The summed E-state index contributed by atoms with van der Waals surface area (Å²) in [7, 11) is 1.91. The van der Waals surface area contributed by atoms with Gasteiger partial charge >= 0.3 is 6.18 Å². The van der Waals surface area contributed by atoms with Crippen molar-refractivity contribution in [2.45, 2.75) is 44.4 Å². The molecule has 1 rings (SSSR count). The Morgan fingerprint density at radius 3 is 2.19 bits per heavy atom. The van der Waals surface area contributed by atoms with Crippen LogP contribution in [0.15, 0.2) is 28.7 Å². The summed E-state index contributed by atoms with van der Waals surface area (Å²) in [6, 6.07) is 7.89. The number of rotatable bonds is 7. The van der Waals surface area contributed by atoms with Crippen LogP contribution in [0.5, 0.6) is 0 Å². The Bertz CT molecular complexity index is 434. The number of benzene rings is 1. The lowest BCUT2D eigenvalue weighted by Gasteiger charge is -2.38. The fourth-order valence-electron chi connectivity index (χ4n) is 2.17. The van der Waals surface area contributed by atoms with Gasteiger partial charge in [0.05, 0.1) is 0 Å². The molecule has 0 spiro atoms. The van der Waals surface area contributed by atoms with Gasteiger partial charge in [-0.1, -0.05) is 28.1 Å². The predicted molar refractivity (Wildman–Crippen MR) is 83.0 cm³/mol. The van der Waals surface area contributed by atoms with Crippen molar-refractivity contribution in [2.24, 2.45) is 5.73 Å². The molecule has 0 aromatic heterocycles. The lowest BCUT2D eigenvalue weighted by molar-refractivity contribution is -0.136. The van der Waals surface area contributed by atoms with E-state index in [0.717, 1.165) is 10.0 Å². The molecule has 6 heteroatoms. The van der Waals surface area contributed by atoms with Crippen molar-refractivity contribution in [1.29, 1.82) is 0 Å². The Kier molecular flexibility index (Phi) is 6.69. The van der Waals surface area contributed by atoms with Crippen molar-refractivity contribution in [3.63, 3.8) is 0 Å². The number of hydrogen-bond donors (Lipinski definition) is 1. The van der Waals surface area contributed by atoms with Gasteiger partial charge in [-0.3, -0.25) is 4.90 Å². The van der Waals surface area contributed by atoms with Crippen LogP contribution in [0.4, 0.5) is 13.2 Å². The molecule has 2 N–H and O–H groups in total. The number of hydrogen-bond acceptors (Lipinski definition) is 2. The molecule has 1 aromatic rings. The first-order chi connectivity index (χ1) is 9.66. The van der Waals surface area contributed by atoms with Crippen molar-refractivity contribution in [2.75, 3.05) is 13.6 Å². The maximum absolute atomic E-state index is 12.3. The van der Waals surface area contributed by atoms with Gasteiger partial charge in [-0.2, -0.15) is 13.2 Å². The third-order valence-corrected chi connectivity index (χ3v) is 4.40. The van der Waals surface area contributed by atoms with Gasteiger partial charge < -0.3 is 5.73 Å². The molecule has 0 heterocycles. The second-order valence-electron chi connectivity index (χ2n) is 5.65. The van der Waals surface area contributed by atoms with E-state index in [1.807, 2.05) is 43.1 Å². The number of nitrogens with two attached hydrogens (primary N) is 1. The lowest BCUT2D eigenvalue weighted by atomic mass is 9.92. The molecular weight excluding hydrogens is 345 g/mol. The summed E-state index contributed by atoms with van der Waals surface area (Å²) in [5, 5.41) is 0. The maximum Gasteiger partial charge on any atom is 0.389 e. The lowest BCUT2D eigenvalue weighted by Crippen LogP contribution is -2.49. The van der Waals surface area contributed by atoms with Gasteiger partial charge in [0.15, 0.2) is 0 Å². The van der Waals surface area contributed by atoms with Gasteiger partial charge in [0.2, 0.25) is 0 Å². The van der Waals surface area contributed by atoms with Crippen molar-refractivity contribution in [3.05, 3.63) is 34.3 Å². The fourth-order valence-corrected chi connectivity index (χ4v) is 2.44. The van der Waals surface area contributed by atoms with Crippen LogP contribution < -0.4 is 5.73 Å². The van der Waals surface area contributed by atoms with E-state index in [1.54, 1.807) is 0 Å². The molecule has 0 aliphatic carbocycles. The van der Waals surface area contributed by atoms with Gasteiger partial charge in [0, 0.05) is 29.5 Å². The van der Waals surface area contributed by atoms with Gasteiger partial charge in [-0.25, -0.2) is 0 Å². The quantitative estimate of drug-likeness (QED) is 0.777. The van der Waals surface area contributed by atoms with E-state index in [0.29, 0.717) is 19.5 Å². The molecule has 1 atom stereocenters. The SMILES string of the molecule is CN(Cc1ccc(Br)cc1)C(C)(CN)CCCC(F)(F)F. The first-order valence-electron chi connectivity index (χ1n) is 6.89. The van der Waals surface area contributed by atoms with Crippen LogP contribution in [0, 0.1) is 0 Å². The maximum atomic E-state index is 12.3. The highest BCUT2D eigenvalue weighted by Crippen LogP contribution is 2.27. The van der Waals surface area contributed by atoms with Crippen LogP contribution in [-0.2, 0) is 6.54 Å². The third-order valence-electron chi connectivity index (χ3n) is 3.87. The Labute approximate surface area is 132 Å². The molecular formula is C15H22BrF3N2. The second-order valence-corrected chi connectivity index (χ2v) is 6.57. The van der Waals surface area contributed by atoms with E-state index in [2.05, 4.69) is 15.9 Å². The van der Waals surface area contributed by atoms with Gasteiger partial charge in [-0.15, -0.1) is 0 Å². The molecule has 0 fully saturated rings. The summed E-state index contributed by atoms with van der Waals surface area (Å²) in [6.07, 6.45) is -4.33. The second kappa shape index (κ2) is 7.61. The smallest absolute Gasteiger partial charge is 0.329 e. The number of likely N-dealkylation sites (N-methyl/N-ethyl adjacent to an activating group) is 1. The predicted octanol–water partition coefficient (Wildman–Crippen LogP) is 4.33. The summed E-state index contributed by atoms with van der Waals surface area (Å²) >= 11 is 3.38. The first-order valence-corrected chi connectivity index (χ1v) is 7.68.